The molecule has 0 saturated carbocycles. The highest BCUT2D eigenvalue weighted by Crippen LogP contribution is 2.26. The zero-order valence-electron chi connectivity index (χ0n) is 12.1. The lowest BCUT2D eigenvalue weighted by atomic mass is 10.1. The van der Waals surface area contributed by atoms with Gasteiger partial charge in [0.25, 0.3) is 0 Å². The highest BCUT2D eigenvalue weighted by atomic mass is 79.9. The van der Waals surface area contributed by atoms with Crippen molar-refractivity contribution in [1.29, 1.82) is 5.26 Å². The number of benzene rings is 1. The number of nitrogens with one attached hydrogen (secondary N) is 1. The van der Waals surface area contributed by atoms with E-state index >= 15 is 0 Å². The van der Waals surface area contributed by atoms with Crippen molar-refractivity contribution in [2.75, 3.05) is 0 Å². The zero-order valence-corrected chi connectivity index (χ0v) is 13.7. The van der Waals surface area contributed by atoms with Gasteiger partial charge in [-0.05, 0) is 41.3 Å². The van der Waals surface area contributed by atoms with Crippen molar-refractivity contribution in [3.8, 4) is 6.07 Å². The number of hydrogen-bond donors (Lipinski definition) is 1. The van der Waals surface area contributed by atoms with Gasteiger partial charge in [0.15, 0.2) is 0 Å². The predicted octanol–water partition coefficient (Wildman–Crippen LogP) is 4.30. The van der Waals surface area contributed by atoms with Crippen LogP contribution in [0.15, 0.2) is 29.0 Å². The molecule has 3 rings (SSSR count). The molecule has 23 heavy (non-hydrogen) atoms. The minimum absolute atomic E-state index is 0.189. The molecule has 0 aliphatic heterocycles. The van der Waals surface area contributed by atoms with Gasteiger partial charge in [-0.3, -0.25) is 4.68 Å². The van der Waals surface area contributed by atoms with Crippen molar-refractivity contribution >= 4 is 26.8 Å². The Balaban J connectivity index is 1.72. The average molecular weight is 379 g/mol. The maximum Gasteiger partial charge on any atom is 0.150 e. The largest absolute Gasteiger partial charge is 0.355 e. The van der Waals surface area contributed by atoms with Crippen LogP contribution in [0.1, 0.15) is 24.1 Å². The maximum atomic E-state index is 13.8. The molecule has 1 N–H and O–H groups in total. The summed E-state index contributed by atoms with van der Waals surface area (Å²) in [5.74, 6) is -1.36. The number of rotatable bonds is 5. The number of unbranched alkanes of at least 4 members (excludes halogenated alkanes) is 1. The normalized spacial score (nSPS) is 11.0. The smallest absolute Gasteiger partial charge is 0.150 e. The van der Waals surface area contributed by atoms with Crippen molar-refractivity contribution in [2.24, 2.45) is 0 Å². The summed E-state index contributed by atoms with van der Waals surface area (Å²) in [5, 5.41) is 13.8. The van der Waals surface area contributed by atoms with E-state index < -0.39 is 11.6 Å². The van der Waals surface area contributed by atoms with Crippen LogP contribution < -0.4 is 0 Å². The molecule has 1 aromatic carbocycles. The van der Waals surface area contributed by atoms with E-state index in [0.29, 0.717) is 23.1 Å². The Bertz CT molecular complexity index is 891. The molecule has 0 bridgehead atoms. The molecule has 7 heteroatoms. The SMILES string of the molecule is N#Cc1c(CCCCn2cc(Br)cn2)[nH]c2c(F)cc(F)cc12. The summed E-state index contributed by atoms with van der Waals surface area (Å²) < 4.78 is 29.9. The number of halogens is 3. The number of H-pyrrole nitrogens is 1. The number of aryl methyl sites for hydroxylation is 2. The third-order valence-electron chi connectivity index (χ3n) is 3.68. The van der Waals surface area contributed by atoms with Gasteiger partial charge >= 0.3 is 0 Å². The third-order valence-corrected chi connectivity index (χ3v) is 4.09. The first kappa shape index (κ1) is 15.7. The van der Waals surface area contributed by atoms with Crippen molar-refractivity contribution in [3.05, 3.63) is 51.9 Å². The summed E-state index contributed by atoms with van der Waals surface area (Å²) in [6.07, 6.45) is 5.89. The number of aromatic nitrogens is 3. The zero-order chi connectivity index (χ0) is 16.4. The third kappa shape index (κ3) is 3.27. The van der Waals surface area contributed by atoms with E-state index in [2.05, 4.69) is 26.0 Å². The maximum absolute atomic E-state index is 13.8. The molecule has 0 aliphatic carbocycles. The van der Waals surface area contributed by atoms with Gasteiger partial charge in [0.1, 0.15) is 17.7 Å². The quantitative estimate of drug-likeness (QED) is 0.672. The van der Waals surface area contributed by atoms with E-state index in [0.717, 1.165) is 29.9 Å². The van der Waals surface area contributed by atoms with Gasteiger partial charge in [-0.25, -0.2) is 8.78 Å². The summed E-state index contributed by atoms with van der Waals surface area (Å²) in [4.78, 5) is 2.92. The van der Waals surface area contributed by atoms with Gasteiger partial charge in [-0.15, -0.1) is 0 Å². The van der Waals surface area contributed by atoms with Crippen LogP contribution in [0.25, 0.3) is 10.9 Å². The van der Waals surface area contributed by atoms with Crippen LogP contribution in [0.2, 0.25) is 0 Å². The standard InChI is InChI=1S/C16H13BrF2N4/c17-10-8-21-23(9-10)4-2-1-3-15-13(7-20)12-5-11(18)6-14(19)16(12)22-15/h5-6,8-9,22H,1-4H2. The number of nitriles is 1. The minimum Gasteiger partial charge on any atom is -0.355 e. The second kappa shape index (κ2) is 6.50. The van der Waals surface area contributed by atoms with Gasteiger partial charge in [0.2, 0.25) is 0 Å². The minimum atomic E-state index is -0.679. The highest BCUT2D eigenvalue weighted by Gasteiger charge is 2.15. The molecular formula is C16H13BrF2N4. The number of fused-ring (bicyclic) bond motifs is 1. The van der Waals surface area contributed by atoms with Crippen molar-refractivity contribution in [1.82, 2.24) is 14.8 Å². The highest BCUT2D eigenvalue weighted by molar-refractivity contribution is 9.10. The second-order valence-corrected chi connectivity index (χ2v) is 6.19. The summed E-state index contributed by atoms with van der Waals surface area (Å²) in [7, 11) is 0. The van der Waals surface area contributed by atoms with Gasteiger partial charge in [-0.2, -0.15) is 10.4 Å². The van der Waals surface area contributed by atoms with Gasteiger partial charge in [0.05, 0.1) is 21.7 Å². The first-order valence-corrected chi connectivity index (χ1v) is 7.95. The predicted molar refractivity (Wildman–Crippen MR) is 85.8 cm³/mol. The number of nitrogens with zero attached hydrogens (tertiary/aromatic N) is 3. The molecule has 0 aliphatic rings. The molecule has 0 atom stereocenters. The monoisotopic (exact) mass is 378 g/mol. The summed E-state index contributed by atoms with van der Waals surface area (Å²) in [6, 6.07) is 4.06. The average Bonchev–Trinajstić information content (AvgIpc) is 3.07. The fourth-order valence-corrected chi connectivity index (χ4v) is 2.95. The molecule has 118 valence electrons. The van der Waals surface area contributed by atoms with E-state index in [1.165, 1.54) is 6.07 Å². The van der Waals surface area contributed by atoms with E-state index in [4.69, 9.17) is 0 Å². The molecule has 3 aromatic rings. The van der Waals surface area contributed by atoms with Crippen LogP contribution >= 0.6 is 15.9 Å². The van der Waals surface area contributed by atoms with Crippen LogP contribution in [-0.4, -0.2) is 14.8 Å². The van der Waals surface area contributed by atoms with Crippen LogP contribution in [-0.2, 0) is 13.0 Å². The number of hydrogen-bond acceptors (Lipinski definition) is 2. The van der Waals surface area contributed by atoms with E-state index in [9.17, 15) is 14.0 Å². The Morgan fingerprint density at radius 2 is 2.13 bits per heavy atom. The number of aromatic amines is 1. The summed E-state index contributed by atoms with van der Waals surface area (Å²) in [6.45, 7) is 0.761. The summed E-state index contributed by atoms with van der Waals surface area (Å²) >= 11 is 3.34. The lowest BCUT2D eigenvalue weighted by molar-refractivity contribution is 0.555. The Morgan fingerprint density at radius 1 is 1.30 bits per heavy atom. The lowest BCUT2D eigenvalue weighted by Crippen LogP contribution is -1.99. The first-order chi connectivity index (χ1) is 11.1. The first-order valence-electron chi connectivity index (χ1n) is 7.16. The van der Waals surface area contributed by atoms with E-state index in [1.807, 2.05) is 16.9 Å². The fourth-order valence-electron chi connectivity index (χ4n) is 2.63. The Kier molecular flexibility index (Phi) is 4.44. The van der Waals surface area contributed by atoms with Crippen molar-refractivity contribution in [3.63, 3.8) is 0 Å². The lowest BCUT2D eigenvalue weighted by Gasteiger charge is -2.01. The van der Waals surface area contributed by atoms with Crippen LogP contribution in [0, 0.1) is 23.0 Å². The Hall–Kier alpha value is -2.20. The van der Waals surface area contributed by atoms with Gasteiger partial charge in [-0.1, -0.05) is 0 Å². The second-order valence-electron chi connectivity index (χ2n) is 5.28. The molecule has 0 radical (unpaired) electrons. The van der Waals surface area contributed by atoms with Gasteiger partial charge < -0.3 is 4.98 Å². The van der Waals surface area contributed by atoms with Crippen LogP contribution in [0.3, 0.4) is 0 Å². The Morgan fingerprint density at radius 3 is 2.83 bits per heavy atom. The molecular weight excluding hydrogens is 366 g/mol. The molecule has 0 fully saturated rings. The van der Waals surface area contributed by atoms with Crippen LogP contribution in [0.4, 0.5) is 8.78 Å². The molecule has 4 nitrogen and oxygen atoms in total. The van der Waals surface area contributed by atoms with Crippen LogP contribution in [0.5, 0.6) is 0 Å². The molecule has 0 amide bonds. The van der Waals surface area contributed by atoms with Crippen molar-refractivity contribution in [2.45, 2.75) is 25.8 Å². The van der Waals surface area contributed by atoms with Gasteiger partial charge in [0, 0.05) is 29.9 Å². The topological polar surface area (TPSA) is 57.4 Å². The molecule has 0 saturated heterocycles. The Labute approximate surface area is 139 Å². The molecule has 2 aromatic heterocycles. The fraction of sp³-hybridized carbons (Fsp3) is 0.250. The van der Waals surface area contributed by atoms with E-state index in [1.54, 1.807) is 6.20 Å². The van der Waals surface area contributed by atoms with E-state index in [-0.39, 0.29) is 5.52 Å². The van der Waals surface area contributed by atoms with Crippen molar-refractivity contribution < 1.29 is 8.78 Å². The molecule has 0 unspecified atom stereocenters. The molecule has 2 heterocycles. The summed E-state index contributed by atoms with van der Waals surface area (Å²) in [5.41, 5.74) is 1.16. The molecule has 0 spiro atoms.